The fourth-order valence-corrected chi connectivity index (χ4v) is 3.51. The lowest BCUT2D eigenvalue weighted by Crippen LogP contribution is -2.09. The van der Waals surface area contributed by atoms with Crippen molar-refractivity contribution in [3.05, 3.63) is 102 Å². The Kier molecular flexibility index (Phi) is 5.47. The van der Waals surface area contributed by atoms with Crippen molar-refractivity contribution < 1.29 is 14.6 Å². The Morgan fingerprint density at radius 1 is 0.970 bits per heavy atom. The number of fused-ring (bicyclic) bond motifs is 1. The lowest BCUT2D eigenvalue weighted by Gasteiger charge is -2.07. The number of carboxylic acids is 1. The molecule has 162 valence electrons. The molecule has 1 N–H and O–H groups in total. The van der Waals surface area contributed by atoms with Crippen molar-refractivity contribution in [2.24, 2.45) is 0 Å². The van der Waals surface area contributed by atoms with Gasteiger partial charge in [-0.05, 0) is 53.2 Å². The van der Waals surface area contributed by atoms with Crippen LogP contribution in [-0.2, 0) is 13.2 Å². The van der Waals surface area contributed by atoms with Crippen molar-refractivity contribution in [2.45, 2.75) is 13.2 Å². The first-order chi connectivity index (χ1) is 16.2. The van der Waals surface area contributed by atoms with Gasteiger partial charge in [0.2, 0.25) is 5.82 Å². The van der Waals surface area contributed by atoms with Crippen LogP contribution in [0.1, 0.15) is 21.5 Å². The third kappa shape index (κ3) is 4.54. The van der Waals surface area contributed by atoms with Crippen LogP contribution in [-0.4, -0.2) is 36.3 Å². The summed E-state index contributed by atoms with van der Waals surface area (Å²) in [5.74, 6) is 0.184. The van der Waals surface area contributed by atoms with Crippen LogP contribution in [0.15, 0.2) is 85.1 Å². The van der Waals surface area contributed by atoms with Gasteiger partial charge in [0, 0.05) is 22.7 Å². The zero-order valence-corrected chi connectivity index (χ0v) is 17.5. The first-order valence-electron chi connectivity index (χ1n) is 10.3. The maximum atomic E-state index is 11.4. The topological polar surface area (TPSA) is 103 Å². The van der Waals surface area contributed by atoms with Gasteiger partial charge in [-0.3, -0.25) is 4.98 Å². The van der Waals surface area contributed by atoms with Crippen LogP contribution in [0.5, 0.6) is 5.75 Å². The Labute approximate surface area is 189 Å². The van der Waals surface area contributed by atoms with E-state index in [2.05, 4.69) is 26.5 Å². The summed E-state index contributed by atoms with van der Waals surface area (Å²) in [5.41, 5.74) is 3.56. The molecule has 0 aliphatic rings. The average Bonchev–Trinajstić information content (AvgIpc) is 3.31. The number of nitrogens with zero attached hydrogens (tertiary/aromatic N) is 5. The fraction of sp³-hybridized carbons (Fsp3) is 0.0800. The molecule has 5 rings (SSSR count). The van der Waals surface area contributed by atoms with Crippen molar-refractivity contribution >= 4 is 16.9 Å². The molecule has 0 spiro atoms. The molecule has 0 aliphatic heterocycles. The van der Waals surface area contributed by atoms with Crippen LogP contribution in [0.2, 0.25) is 0 Å². The number of rotatable bonds is 7. The number of benzene rings is 3. The van der Waals surface area contributed by atoms with E-state index in [0.29, 0.717) is 18.0 Å². The van der Waals surface area contributed by atoms with E-state index in [9.17, 15) is 9.90 Å². The summed E-state index contributed by atoms with van der Waals surface area (Å²) in [6.45, 7) is 0.630. The molecule has 0 saturated heterocycles. The van der Waals surface area contributed by atoms with Crippen LogP contribution >= 0.6 is 0 Å². The second-order valence-corrected chi connectivity index (χ2v) is 7.46. The minimum Gasteiger partial charge on any atom is -0.489 e. The number of hydrogen-bond acceptors (Lipinski definition) is 6. The van der Waals surface area contributed by atoms with E-state index in [4.69, 9.17) is 4.74 Å². The molecule has 0 aliphatic carbocycles. The van der Waals surface area contributed by atoms with E-state index >= 15 is 0 Å². The summed E-state index contributed by atoms with van der Waals surface area (Å²) < 4.78 is 5.89. The van der Waals surface area contributed by atoms with E-state index in [0.717, 1.165) is 27.8 Å². The second-order valence-electron chi connectivity index (χ2n) is 7.46. The highest BCUT2D eigenvalue weighted by atomic mass is 16.5. The van der Waals surface area contributed by atoms with Gasteiger partial charge in [0.05, 0.1) is 17.6 Å². The Bertz CT molecular complexity index is 1430. The van der Waals surface area contributed by atoms with Gasteiger partial charge in [-0.15, -0.1) is 10.2 Å². The number of para-hydroxylation sites is 1. The van der Waals surface area contributed by atoms with Gasteiger partial charge >= 0.3 is 5.97 Å². The molecule has 0 radical (unpaired) electrons. The normalized spacial score (nSPS) is 10.9. The monoisotopic (exact) mass is 437 g/mol. The average molecular weight is 437 g/mol. The van der Waals surface area contributed by atoms with Crippen molar-refractivity contribution in [3.8, 4) is 17.1 Å². The molecule has 0 amide bonds. The summed E-state index contributed by atoms with van der Waals surface area (Å²) in [6, 6.07) is 24.2. The zero-order chi connectivity index (χ0) is 22.6. The lowest BCUT2D eigenvalue weighted by atomic mass is 10.1. The van der Waals surface area contributed by atoms with Crippen molar-refractivity contribution in [3.63, 3.8) is 0 Å². The van der Waals surface area contributed by atoms with Crippen molar-refractivity contribution in [1.29, 1.82) is 0 Å². The van der Waals surface area contributed by atoms with Gasteiger partial charge in [0.15, 0.2) is 0 Å². The fourth-order valence-electron chi connectivity index (χ4n) is 3.51. The first-order valence-corrected chi connectivity index (χ1v) is 10.3. The van der Waals surface area contributed by atoms with Crippen LogP contribution in [0.4, 0.5) is 0 Å². The van der Waals surface area contributed by atoms with E-state index in [1.807, 2.05) is 54.7 Å². The number of carbonyl (C=O) groups is 1. The summed E-state index contributed by atoms with van der Waals surface area (Å²) >= 11 is 0. The largest absolute Gasteiger partial charge is 0.489 e. The molecule has 0 unspecified atom stereocenters. The Hall–Kier alpha value is -4.59. The molecule has 0 atom stereocenters. The van der Waals surface area contributed by atoms with E-state index in [1.54, 1.807) is 24.3 Å². The van der Waals surface area contributed by atoms with Gasteiger partial charge in [0.25, 0.3) is 0 Å². The first kappa shape index (κ1) is 20.3. The second kappa shape index (κ2) is 8.88. The summed E-state index contributed by atoms with van der Waals surface area (Å²) in [7, 11) is 0. The number of carboxylic acid groups (broad SMARTS) is 1. The van der Waals surface area contributed by atoms with Gasteiger partial charge < -0.3 is 9.84 Å². The molecular formula is C25H19N5O3. The molecule has 2 heterocycles. The minimum absolute atomic E-state index is 0.219. The van der Waals surface area contributed by atoms with Gasteiger partial charge in [-0.25, -0.2) is 4.79 Å². The third-order valence-electron chi connectivity index (χ3n) is 5.18. The highest BCUT2D eigenvalue weighted by molar-refractivity contribution is 5.89. The molecular weight excluding hydrogens is 418 g/mol. The maximum Gasteiger partial charge on any atom is 0.336 e. The van der Waals surface area contributed by atoms with Crippen LogP contribution < -0.4 is 4.74 Å². The molecule has 0 bridgehead atoms. The van der Waals surface area contributed by atoms with Crippen LogP contribution in [0.25, 0.3) is 22.3 Å². The van der Waals surface area contributed by atoms with Gasteiger partial charge in [-0.2, -0.15) is 4.80 Å². The number of hydrogen-bond donors (Lipinski definition) is 1. The van der Waals surface area contributed by atoms with Crippen molar-refractivity contribution in [1.82, 2.24) is 25.2 Å². The number of aromatic nitrogens is 5. The summed E-state index contributed by atoms with van der Waals surface area (Å²) in [5, 5.41) is 22.9. The van der Waals surface area contributed by atoms with Crippen LogP contribution in [0, 0.1) is 0 Å². The quantitative estimate of drug-likeness (QED) is 0.407. The molecule has 5 aromatic rings. The molecule has 3 aromatic carbocycles. The summed E-state index contributed by atoms with van der Waals surface area (Å²) in [6.07, 6.45) is 1.82. The molecule has 8 heteroatoms. The smallest absolute Gasteiger partial charge is 0.336 e. The van der Waals surface area contributed by atoms with Crippen LogP contribution in [0.3, 0.4) is 0 Å². The standard InChI is InChI=1S/C25H19N5O3/c31-25(32)22-7-3-1-6-20(22)15-30-28-24(27-29-30)18-9-11-21(12-10-18)33-16-17-13-19-5-2-4-8-23(19)26-14-17/h1-14H,15-16H2,(H,31,32). The lowest BCUT2D eigenvalue weighted by molar-refractivity contribution is 0.0695. The van der Waals surface area contributed by atoms with E-state index in [1.165, 1.54) is 4.80 Å². The van der Waals surface area contributed by atoms with E-state index < -0.39 is 5.97 Å². The number of ether oxygens (including phenoxy) is 1. The predicted octanol–water partition coefficient (Wildman–Crippen LogP) is 4.21. The molecule has 8 nitrogen and oxygen atoms in total. The van der Waals surface area contributed by atoms with E-state index in [-0.39, 0.29) is 12.1 Å². The molecule has 2 aromatic heterocycles. The molecule has 33 heavy (non-hydrogen) atoms. The number of aromatic carboxylic acids is 1. The Morgan fingerprint density at radius 2 is 1.76 bits per heavy atom. The minimum atomic E-state index is -0.985. The van der Waals surface area contributed by atoms with Crippen molar-refractivity contribution in [2.75, 3.05) is 0 Å². The Balaban J connectivity index is 1.25. The van der Waals surface area contributed by atoms with Gasteiger partial charge in [-0.1, -0.05) is 36.4 Å². The number of tetrazole rings is 1. The predicted molar refractivity (Wildman–Crippen MR) is 122 cm³/mol. The third-order valence-corrected chi connectivity index (χ3v) is 5.18. The SMILES string of the molecule is O=C(O)c1ccccc1Cn1nnc(-c2ccc(OCc3cnc4ccccc4c3)cc2)n1. The van der Waals surface area contributed by atoms with Gasteiger partial charge in [0.1, 0.15) is 12.4 Å². The highest BCUT2D eigenvalue weighted by Crippen LogP contribution is 2.21. The number of pyridine rings is 1. The molecule has 0 saturated carbocycles. The summed E-state index contributed by atoms with van der Waals surface area (Å²) in [4.78, 5) is 17.2. The highest BCUT2D eigenvalue weighted by Gasteiger charge is 2.12. The zero-order valence-electron chi connectivity index (χ0n) is 17.5. The molecule has 0 fully saturated rings. The Morgan fingerprint density at radius 3 is 2.61 bits per heavy atom. The maximum absolute atomic E-state index is 11.4.